The number of nitrogens with one attached hydrogen (secondary N) is 1. The lowest BCUT2D eigenvalue weighted by Crippen LogP contribution is -2.23. The molecule has 1 aromatic carbocycles. The molecular formula is C16H19NO4. The van der Waals surface area contributed by atoms with Crippen molar-refractivity contribution in [2.24, 2.45) is 5.92 Å². The van der Waals surface area contributed by atoms with E-state index in [9.17, 15) is 14.4 Å². The van der Waals surface area contributed by atoms with Gasteiger partial charge in [-0.05, 0) is 31.9 Å². The molecule has 1 aliphatic rings. The van der Waals surface area contributed by atoms with Crippen molar-refractivity contribution in [2.75, 3.05) is 11.9 Å². The van der Waals surface area contributed by atoms with Crippen LogP contribution in [-0.4, -0.2) is 24.3 Å². The highest BCUT2D eigenvalue weighted by molar-refractivity contribution is 5.97. The zero-order valence-electron chi connectivity index (χ0n) is 12.1. The second kappa shape index (κ2) is 7.02. The molecule has 0 heterocycles. The van der Waals surface area contributed by atoms with Gasteiger partial charge in [0, 0.05) is 11.3 Å². The molecule has 5 heteroatoms. The molecule has 1 saturated carbocycles. The maximum Gasteiger partial charge on any atom is 0.309 e. The standard InChI is InChI=1S/C16H19NO4/c1-11(18)13-7-4-8-14(9-13)17-15(19)10-21-16(20)12-5-2-3-6-12/h4,7-9,12H,2-3,5-6,10H2,1H3,(H,17,19). The van der Waals surface area contributed by atoms with Gasteiger partial charge in [0.05, 0.1) is 5.92 Å². The Bertz CT molecular complexity index is 547. The van der Waals surface area contributed by atoms with E-state index in [0.29, 0.717) is 11.3 Å². The Morgan fingerprint density at radius 3 is 2.62 bits per heavy atom. The molecule has 0 spiro atoms. The number of hydrogen-bond acceptors (Lipinski definition) is 4. The summed E-state index contributed by atoms with van der Waals surface area (Å²) in [7, 11) is 0. The fraction of sp³-hybridized carbons (Fsp3) is 0.438. The van der Waals surface area contributed by atoms with Gasteiger partial charge in [-0.15, -0.1) is 0 Å². The van der Waals surface area contributed by atoms with Crippen LogP contribution in [0.3, 0.4) is 0 Å². The largest absolute Gasteiger partial charge is 0.455 e. The number of amides is 1. The molecule has 0 unspecified atom stereocenters. The van der Waals surface area contributed by atoms with Crippen LogP contribution in [0.1, 0.15) is 43.0 Å². The first kappa shape index (κ1) is 15.2. The van der Waals surface area contributed by atoms with Gasteiger partial charge in [0.25, 0.3) is 5.91 Å². The second-order valence-electron chi connectivity index (χ2n) is 5.27. The maximum atomic E-state index is 11.7. The smallest absolute Gasteiger partial charge is 0.309 e. The third-order valence-electron chi connectivity index (χ3n) is 3.59. The summed E-state index contributed by atoms with van der Waals surface area (Å²) >= 11 is 0. The summed E-state index contributed by atoms with van der Waals surface area (Å²) < 4.78 is 5.02. The van der Waals surface area contributed by atoms with Crippen LogP contribution in [0, 0.1) is 5.92 Å². The highest BCUT2D eigenvalue weighted by atomic mass is 16.5. The summed E-state index contributed by atoms with van der Waals surface area (Å²) in [5.41, 5.74) is 1.04. The first-order valence-corrected chi connectivity index (χ1v) is 7.14. The number of benzene rings is 1. The lowest BCUT2D eigenvalue weighted by Gasteiger charge is -2.10. The molecule has 112 valence electrons. The minimum atomic E-state index is -0.401. The molecule has 1 aliphatic carbocycles. The third kappa shape index (κ3) is 4.41. The number of hydrogen-bond donors (Lipinski definition) is 1. The number of carbonyl (C=O) groups is 3. The van der Waals surface area contributed by atoms with E-state index in [1.54, 1.807) is 24.3 Å². The third-order valence-corrected chi connectivity index (χ3v) is 3.59. The van der Waals surface area contributed by atoms with E-state index in [0.717, 1.165) is 25.7 Å². The highest BCUT2D eigenvalue weighted by Crippen LogP contribution is 2.25. The molecule has 0 aliphatic heterocycles. The monoisotopic (exact) mass is 289 g/mol. The lowest BCUT2D eigenvalue weighted by molar-refractivity contribution is -0.151. The van der Waals surface area contributed by atoms with E-state index < -0.39 is 5.91 Å². The first-order valence-electron chi connectivity index (χ1n) is 7.14. The molecule has 1 aromatic rings. The molecule has 0 bridgehead atoms. The van der Waals surface area contributed by atoms with E-state index in [4.69, 9.17) is 4.74 Å². The van der Waals surface area contributed by atoms with Crippen LogP contribution in [0.2, 0.25) is 0 Å². The number of esters is 1. The van der Waals surface area contributed by atoms with Crippen LogP contribution < -0.4 is 5.32 Å². The summed E-state index contributed by atoms with van der Waals surface area (Å²) in [4.78, 5) is 34.7. The van der Waals surface area contributed by atoms with E-state index >= 15 is 0 Å². The first-order chi connectivity index (χ1) is 10.1. The summed E-state index contributed by atoms with van der Waals surface area (Å²) in [6, 6.07) is 6.65. The Hall–Kier alpha value is -2.17. The van der Waals surface area contributed by atoms with Crippen molar-refractivity contribution in [1.29, 1.82) is 0 Å². The van der Waals surface area contributed by atoms with E-state index in [-0.39, 0.29) is 24.3 Å². The Morgan fingerprint density at radius 2 is 1.95 bits per heavy atom. The zero-order valence-corrected chi connectivity index (χ0v) is 12.1. The molecule has 1 amide bonds. The van der Waals surface area contributed by atoms with E-state index in [2.05, 4.69) is 5.32 Å². The predicted molar refractivity (Wildman–Crippen MR) is 78.0 cm³/mol. The quantitative estimate of drug-likeness (QED) is 0.668. The molecule has 5 nitrogen and oxygen atoms in total. The van der Waals surface area contributed by atoms with Crippen LogP contribution in [0.15, 0.2) is 24.3 Å². The number of Topliss-reactive ketones (excluding diaryl/α,β-unsaturated/α-hetero) is 1. The van der Waals surface area contributed by atoms with Crippen molar-refractivity contribution >= 4 is 23.3 Å². The predicted octanol–water partition coefficient (Wildman–Crippen LogP) is 2.56. The Labute approximate surface area is 123 Å². The topological polar surface area (TPSA) is 72.5 Å². The van der Waals surface area contributed by atoms with Gasteiger partial charge in [-0.1, -0.05) is 25.0 Å². The fourth-order valence-corrected chi connectivity index (χ4v) is 2.43. The van der Waals surface area contributed by atoms with Gasteiger partial charge >= 0.3 is 5.97 Å². The van der Waals surface area contributed by atoms with Crippen LogP contribution >= 0.6 is 0 Å². The molecule has 0 radical (unpaired) electrons. The number of ether oxygens (including phenoxy) is 1. The summed E-state index contributed by atoms with van der Waals surface area (Å²) in [5.74, 6) is -0.820. The van der Waals surface area contributed by atoms with Gasteiger partial charge in [0.15, 0.2) is 12.4 Å². The highest BCUT2D eigenvalue weighted by Gasteiger charge is 2.24. The molecule has 0 atom stereocenters. The maximum absolute atomic E-state index is 11.7. The minimum absolute atomic E-state index is 0.0566. The van der Waals surface area contributed by atoms with Crippen molar-refractivity contribution in [3.8, 4) is 0 Å². The van der Waals surface area contributed by atoms with Crippen LogP contribution in [0.4, 0.5) is 5.69 Å². The normalized spacial score (nSPS) is 14.7. The van der Waals surface area contributed by atoms with Crippen molar-refractivity contribution in [1.82, 2.24) is 0 Å². The van der Waals surface area contributed by atoms with Crippen molar-refractivity contribution in [2.45, 2.75) is 32.6 Å². The lowest BCUT2D eigenvalue weighted by atomic mass is 10.1. The van der Waals surface area contributed by atoms with Crippen molar-refractivity contribution in [3.05, 3.63) is 29.8 Å². The second-order valence-corrected chi connectivity index (χ2v) is 5.27. The average Bonchev–Trinajstić information content (AvgIpc) is 2.99. The van der Waals surface area contributed by atoms with Crippen molar-refractivity contribution in [3.63, 3.8) is 0 Å². The zero-order chi connectivity index (χ0) is 15.2. The van der Waals surface area contributed by atoms with Gasteiger partial charge in [-0.2, -0.15) is 0 Å². The van der Waals surface area contributed by atoms with Crippen LogP contribution in [-0.2, 0) is 14.3 Å². The number of ketones is 1. The minimum Gasteiger partial charge on any atom is -0.455 e. The summed E-state index contributed by atoms with van der Waals surface area (Å²) in [6.45, 7) is 1.17. The average molecular weight is 289 g/mol. The van der Waals surface area contributed by atoms with Crippen LogP contribution in [0.5, 0.6) is 0 Å². The molecule has 21 heavy (non-hydrogen) atoms. The van der Waals surface area contributed by atoms with Crippen LogP contribution in [0.25, 0.3) is 0 Å². The summed E-state index contributed by atoms with van der Waals surface area (Å²) in [5, 5.41) is 2.61. The van der Waals surface area contributed by atoms with Gasteiger partial charge in [0.1, 0.15) is 0 Å². The number of rotatable bonds is 5. The SMILES string of the molecule is CC(=O)c1cccc(NC(=O)COC(=O)C2CCCC2)c1. The Kier molecular flexibility index (Phi) is 5.09. The molecule has 0 saturated heterocycles. The van der Waals surface area contributed by atoms with Gasteiger partial charge < -0.3 is 10.1 Å². The molecular weight excluding hydrogens is 270 g/mol. The Balaban J connectivity index is 1.82. The van der Waals surface area contributed by atoms with Gasteiger partial charge in [0.2, 0.25) is 0 Å². The summed E-state index contributed by atoms with van der Waals surface area (Å²) in [6.07, 6.45) is 3.79. The molecule has 2 rings (SSSR count). The van der Waals surface area contributed by atoms with Crippen molar-refractivity contribution < 1.29 is 19.1 Å². The molecule has 0 aromatic heterocycles. The molecule has 1 fully saturated rings. The van der Waals surface area contributed by atoms with Gasteiger partial charge in [-0.25, -0.2) is 0 Å². The fourth-order valence-electron chi connectivity index (χ4n) is 2.43. The number of anilines is 1. The Morgan fingerprint density at radius 1 is 1.24 bits per heavy atom. The van der Waals surface area contributed by atoms with E-state index in [1.807, 2.05) is 0 Å². The van der Waals surface area contributed by atoms with E-state index in [1.165, 1.54) is 6.92 Å². The van der Waals surface area contributed by atoms with Gasteiger partial charge in [-0.3, -0.25) is 14.4 Å². The molecule has 1 N–H and O–H groups in total. The number of carbonyl (C=O) groups excluding carboxylic acids is 3.